The highest BCUT2D eigenvalue weighted by molar-refractivity contribution is 9.09. The predicted molar refractivity (Wildman–Crippen MR) is 63.0 cm³/mol. The number of hydrogen-bond donors (Lipinski definition) is 0. The molecule has 0 aromatic carbocycles. The van der Waals surface area contributed by atoms with Crippen LogP contribution in [0.2, 0.25) is 0 Å². The molecule has 0 aliphatic carbocycles. The summed E-state index contributed by atoms with van der Waals surface area (Å²) in [5.41, 5.74) is 0. The molecule has 0 aromatic heterocycles. The monoisotopic (exact) mass is 267 g/mol. The van der Waals surface area contributed by atoms with Gasteiger partial charge >= 0.3 is 0 Å². The van der Waals surface area contributed by atoms with Crippen LogP contribution in [0.4, 0.5) is 0 Å². The molecule has 78 valence electrons. The van der Waals surface area contributed by atoms with Crippen LogP contribution in [0.5, 0.6) is 0 Å². The van der Waals surface area contributed by atoms with E-state index in [0.29, 0.717) is 6.10 Å². The summed E-state index contributed by atoms with van der Waals surface area (Å²) in [6, 6.07) is 0. The summed E-state index contributed by atoms with van der Waals surface area (Å²) >= 11 is 5.48. The average Bonchev–Trinajstić information content (AvgIpc) is 2.19. The molecule has 1 atom stereocenters. The van der Waals surface area contributed by atoms with Crippen LogP contribution in [0.25, 0.3) is 0 Å². The Kier molecular flexibility index (Phi) is 6.45. The third-order valence-electron chi connectivity index (χ3n) is 2.15. The number of nitrogens with zero attached hydrogens (tertiary/aromatic N) is 1. The zero-order chi connectivity index (χ0) is 9.52. The van der Waals surface area contributed by atoms with E-state index in [9.17, 15) is 0 Å². The Bertz CT molecular complexity index is 137. The van der Waals surface area contributed by atoms with E-state index in [0.717, 1.165) is 25.0 Å². The minimum absolute atomic E-state index is 0.403. The molecule has 1 saturated heterocycles. The van der Waals surface area contributed by atoms with Crippen molar-refractivity contribution in [3.63, 3.8) is 0 Å². The Morgan fingerprint density at radius 2 is 2.46 bits per heavy atom. The van der Waals surface area contributed by atoms with Crippen LogP contribution in [0.1, 0.15) is 6.92 Å². The summed E-state index contributed by atoms with van der Waals surface area (Å²) in [5.74, 6) is 2.48. The first kappa shape index (κ1) is 11.8. The minimum Gasteiger partial charge on any atom is -0.375 e. The lowest BCUT2D eigenvalue weighted by atomic mass is 10.3. The quantitative estimate of drug-likeness (QED) is 0.557. The highest BCUT2D eigenvalue weighted by Crippen LogP contribution is 2.08. The maximum absolute atomic E-state index is 5.57. The molecule has 1 aliphatic heterocycles. The summed E-state index contributed by atoms with van der Waals surface area (Å²) in [4.78, 5) is 2.50. The maximum atomic E-state index is 5.57. The van der Waals surface area contributed by atoms with Crippen LogP contribution in [-0.4, -0.2) is 54.1 Å². The topological polar surface area (TPSA) is 12.5 Å². The number of halogens is 1. The molecular formula is C9H18BrNOS. The Labute approximate surface area is 93.5 Å². The third kappa shape index (κ3) is 4.68. The Balaban J connectivity index is 2.11. The molecule has 13 heavy (non-hydrogen) atoms. The highest BCUT2D eigenvalue weighted by Gasteiger charge is 2.18. The van der Waals surface area contributed by atoms with Crippen LogP contribution in [-0.2, 0) is 4.74 Å². The fourth-order valence-electron chi connectivity index (χ4n) is 1.41. The van der Waals surface area contributed by atoms with Gasteiger partial charge in [-0.25, -0.2) is 0 Å². The third-order valence-corrected chi connectivity index (χ3v) is 3.75. The number of hydrogen-bond acceptors (Lipinski definition) is 3. The van der Waals surface area contributed by atoms with Gasteiger partial charge < -0.3 is 4.74 Å². The molecule has 0 aromatic rings. The second-order valence-electron chi connectivity index (χ2n) is 3.14. The van der Waals surface area contributed by atoms with Gasteiger partial charge in [0, 0.05) is 30.7 Å². The SMILES string of the molecule is CCSCCN1CCOC(CBr)C1. The van der Waals surface area contributed by atoms with E-state index < -0.39 is 0 Å². The highest BCUT2D eigenvalue weighted by atomic mass is 79.9. The van der Waals surface area contributed by atoms with Gasteiger partial charge in [0.1, 0.15) is 0 Å². The van der Waals surface area contributed by atoms with Crippen LogP contribution in [0.3, 0.4) is 0 Å². The second kappa shape index (κ2) is 7.10. The van der Waals surface area contributed by atoms with Crippen molar-refractivity contribution in [1.82, 2.24) is 4.90 Å². The predicted octanol–water partition coefficient (Wildman–Crippen LogP) is 1.84. The lowest BCUT2D eigenvalue weighted by Crippen LogP contribution is -2.44. The maximum Gasteiger partial charge on any atom is 0.0799 e. The second-order valence-corrected chi connectivity index (χ2v) is 5.19. The van der Waals surface area contributed by atoms with Crippen molar-refractivity contribution in [3.05, 3.63) is 0 Å². The van der Waals surface area contributed by atoms with Crippen molar-refractivity contribution < 1.29 is 4.74 Å². The lowest BCUT2D eigenvalue weighted by Gasteiger charge is -2.31. The van der Waals surface area contributed by atoms with Gasteiger partial charge in [-0.15, -0.1) is 0 Å². The molecule has 1 unspecified atom stereocenters. The molecule has 1 fully saturated rings. The first-order chi connectivity index (χ1) is 6.36. The van der Waals surface area contributed by atoms with E-state index in [1.807, 2.05) is 11.8 Å². The number of rotatable bonds is 5. The molecule has 0 N–H and O–H groups in total. The minimum atomic E-state index is 0.403. The smallest absolute Gasteiger partial charge is 0.0799 e. The van der Waals surface area contributed by atoms with Gasteiger partial charge in [-0.2, -0.15) is 11.8 Å². The molecular weight excluding hydrogens is 250 g/mol. The largest absolute Gasteiger partial charge is 0.375 e. The molecule has 1 aliphatic rings. The van der Waals surface area contributed by atoms with Crippen molar-refractivity contribution in [2.45, 2.75) is 13.0 Å². The molecule has 0 radical (unpaired) electrons. The van der Waals surface area contributed by atoms with E-state index in [1.54, 1.807) is 0 Å². The van der Waals surface area contributed by atoms with Gasteiger partial charge in [0.15, 0.2) is 0 Å². The summed E-state index contributed by atoms with van der Waals surface area (Å²) in [6.45, 7) is 6.52. The van der Waals surface area contributed by atoms with Gasteiger partial charge in [-0.1, -0.05) is 22.9 Å². The van der Waals surface area contributed by atoms with Crippen molar-refractivity contribution in [2.75, 3.05) is 43.1 Å². The van der Waals surface area contributed by atoms with Crippen LogP contribution >= 0.6 is 27.7 Å². The van der Waals surface area contributed by atoms with E-state index >= 15 is 0 Å². The molecule has 0 saturated carbocycles. The van der Waals surface area contributed by atoms with Crippen LogP contribution in [0.15, 0.2) is 0 Å². The normalized spacial score (nSPS) is 24.9. The van der Waals surface area contributed by atoms with E-state index in [4.69, 9.17) is 4.74 Å². The summed E-state index contributed by atoms with van der Waals surface area (Å²) < 4.78 is 5.57. The van der Waals surface area contributed by atoms with Gasteiger partial charge in [0.05, 0.1) is 12.7 Å². The average molecular weight is 268 g/mol. The lowest BCUT2D eigenvalue weighted by molar-refractivity contribution is -0.0127. The molecule has 0 spiro atoms. The van der Waals surface area contributed by atoms with Gasteiger partial charge in [-0.3, -0.25) is 4.90 Å². The molecule has 0 bridgehead atoms. The van der Waals surface area contributed by atoms with E-state index in [1.165, 1.54) is 18.1 Å². The number of thioether (sulfide) groups is 1. The summed E-state index contributed by atoms with van der Waals surface area (Å²) in [5, 5.41) is 0.963. The van der Waals surface area contributed by atoms with Crippen LogP contribution < -0.4 is 0 Å². The number of ether oxygens (including phenoxy) is 1. The molecule has 4 heteroatoms. The van der Waals surface area contributed by atoms with E-state index in [2.05, 4.69) is 27.8 Å². The Morgan fingerprint density at radius 1 is 1.62 bits per heavy atom. The van der Waals surface area contributed by atoms with Crippen molar-refractivity contribution in [1.29, 1.82) is 0 Å². The molecule has 1 heterocycles. The molecule has 2 nitrogen and oxygen atoms in total. The van der Waals surface area contributed by atoms with Gasteiger partial charge in [0.2, 0.25) is 0 Å². The van der Waals surface area contributed by atoms with Crippen molar-refractivity contribution in [3.8, 4) is 0 Å². The first-order valence-corrected chi connectivity index (χ1v) is 7.12. The zero-order valence-corrected chi connectivity index (χ0v) is 10.6. The van der Waals surface area contributed by atoms with Crippen molar-refractivity contribution >= 4 is 27.7 Å². The van der Waals surface area contributed by atoms with Gasteiger partial charge in [0.25, 0.3) is 0 Å². The summed E-state index contributed by atoms with van der Waals surface area (Å²) in [7, 11) is 0. The van der Waals surface area contributed by atoms with Crippen molar-refractivity contribution in [2.24, 2.45) is 0 Å². The Morgan fingerprint density at radius 3 is 3.15 bits per heavy atom. The first-order valence-electron chi connectivity index (χ1n) is 4.84. The fourth-order valence-corrected chi connectivity index (χ4v) is 2.48. The van der Waals surface area contributed by atoms with Gasteiger partial charge in [-0.05, 0) is 5.75 Å². The number of morpholine rings is 1. The summed E-state index contributed by atoms with van der Waals surface area (Å²) in [6.07, 6.45) is 0.403. The molecule has 0 amide bonds. The van der Waals surface area contributed by atoms with Crippen LogP contribution in [0, 0.1) is 0 Å². The molecule has 1 rings (SSSR count). The number of alkyl halides is 1. The fraction of sp³-hybridized carbons (Fsp3) is 1.00. The van der Waals surface area contributed by atoms with E-state index in [-0.39, 0.29) is 0 Å². The standard InChI is InChI=1S/C9H18BrNOS/c1-2-13-6-4-11-3-5-12-9(7-10)8-11/h9H,2-8H2,1H3. The zero-order valence-electron chi connectivity index (χ0n) is 8.17. The Hall–Kier alpha value is 0.750.